The van der Waals surface area contributed by atoms with Gasteiger partial charge in [-0.2, -0.15) is 0 Å². The van der Waals surface area contributed by atoms with Gasteiger partial charge in [-0.1, -0.05) is 54.1 Å². The molecule has 4 rings (SSSR count). The summed E-state index contributed by atoms with van der Waals surface area (Å²) < 4.78 is 4.19. The minimum absolute atomic E-state index is 0.0641. The normalized spacial score (nSPS) is 11.0. The van der Waals surface area contributed by atoms with Gasteiger partial charge in [0.1, 0.15) is 6.54 Å². The Hall–Kier alpha value is -2.91. The highest BCUT2D eigenvalue weighted by Gasteiger charge is 2.18. The molecule has 26 heavy (non-hydrogen) atoms. The average Bonchev–Trinajstić information content (AvgIpc) is 3.01. The molecular weight excluding hydrogens is 344 g/mol. The number of hydrogen-bond donors (Lipinski definition) is 0. The second-order valence-corrected chi connectivity index (χ2v) is 6.71. The van der Waals surface area contributed by atoms with Gasteiger partial charge >= 0.3 is 0 Å². The van der Waals surface area contributed by atoms with Crippen LogP contribution >= 0.6 is 11.6 Å². The van der Waals surface area contributed by atoms with Crippen molar-refractivity contribution in [3.05, 3.63) is 101 Å². The van der Waals surface area contributed by atoms with E-state index < -0.39 is 0 Å². The largest absolute Gasteiger partial charge is 0.290 e. The van der Waals surface area contributed by atoms with Crippen LogP contribution in [0.15, 0.2) is 85.2 Å². The number of fused-ring (bicyclic) bond motifs is 1. The molecule has 0 amide bonds. The Kier molecular flexibility index (Phi) is 4.55. The summed E-state index contributed by atoms with van der Waals surface area (Å²) >= 11 is 5.92. The maximum atomic E-state index is 12.7. The van der Waals surface area contributed by atoms with E-state index in [4.69, 9.17) is 11.6 Å². The van der Waals surface area contributed by atoms with E-state index in [1.54, 1.807) is 24.3 Å². The molecule has 0 atom stereocenters. The first-order valence-corrected chi connectivity index (χ1v) is 8.88. The number of nitrogens with zero attached hydrogens (tertiary/aromatic N) is 2. The number of ketones is 1. The van der Waals surface area contributed by atoms with Crippen molar-refractivity contribution >= 4 is 28.4 Å². The second kappa shape index (κ2) is 7.14. The molecular formula is C22H18ClN2O+. The minimum atomic E-state index is 0.0641. The van der Waals surface area contributed by atoms with Crippen molar-refractivity contribution in [3.63, 3.8) is 0 Å². The first-order chi connectivity index (χ1) is 12.7. The lowest BCUT2D eigenvalue weighted by Crippen LogP contribution is -2.33. The number of aromatic nitrogens is 2. The predicted octanol–water partition coefficient (Wildman–Crippen LogP) is 4.51. The number of Topliss-reactive ketones (excluding diaryl/α,β-unsaturated/α-hetero) is 1. The van der Waals surface area contributed by atoms with Gasteiger partial charge in [0.15, 0.2) is 17.6 Å². The van der Waals surface area contributed by atoms with Gasteiger partial charge in [-0.05, 0) is 42.0 Å². The van der Waals surface area contributed by atoms with Crippen molar-refractivity contribution in [3.8, 4) is 0 Å². The number of halogens is 1. The molecule has 0 unspecified atom stereocenters. The van der Waals surface area contributed by atoms with Gasteiger partial charge in [-0.15, -0.1) is 0 Å². The molecule has 4 aromatic rings. The fourth-order valence-corrected chi connectivity index (χ4v) is 3.28. The molecule has 0 N–H and O–H groups in total. The first kappa shape index (κ1) is 16.6. The second-order valence-electron chi connectivity index (χ2n) is 6.28. The molecule has 128 valence electrons. The Balaban J connectivity index is 1.67. The van der Waals surface area contributed by atoms with E-state index in [0.717, 1.165) is 17.6 Å². The third-order valence-corrected chi connectivity index (χ3v) is 4.71. The molecule has 0 saturated heterocycles. The topological polar surface area (TPSA) is 25.9 Å². The summed E-state index contributed by atoms with van der Waals surface area (Å²) in [4.78, 5) is 12.7. The third kappa shape index (κ3) is 3.39. The van der Waals surface area contributed by atoms with E-state index in [1.165, 1.54) is 5.56 Å². The third-order valence-electron chi connectivity index (χ3n) is 4.46. The van der Waals surface area contributed by atoms with E-state index in [-0.39, 0.29) is 5.78 Å². The lowest BCUT2D eigenvalue weighted by Gasteiger charge is -1.99. The van der Waals surface area contributed by atoms with Crippen LogP contribution in [0.2, 0.25) is 5.02 Å². The lowest BCUT2D eigenvalue weighted by molar-refractivity contribution is -0.663. The highest BCUT2D eigenvalue weighted by Crippen LogP contribution is 2.15. The molecule has 0 aliphatic carbocycles. The lowest BCUT2D eigenvalue weighted by atomic mass is 10.1. The molecule has 3 aromatic carbocycles. The zero-order valence-electron chi connectivity index (χ0n) is 14.2. The maximum Gasteiger partial charge on any atom is 0.245 e. The van der Waals surface area contributed by atoms with Gasteiger partial charge < -0.3 is 0 Å². The van der Waals surface area contributed by atoms with Crippen molar-refractivity contribution in [1.29, 1.82) is 0 Å². The summed E-state index contributed by atoms with van der Waals surface area (Å²) in [5.41, 5.74) is 4.05. The molecule has 3 nitrogen and oxygen atoms in total. The average molecular weight is 362 g/mol. The van der Waals surface area contributed by atoms with E-state index in [9.17, 15) is 4.79 Å². The number of para-hydroxylation sites is 2. The van der Waals surface area contributed by atoms with Crippen LogP contribution in [0.5, 0.6) is 0 Å². The summed E-state index contributed by atoms with van der Waals surface area (Å²) in [6, 6.07) is 25.5. The zero-order valence-corrected chi connectivity index (χ0v) is 14.9. The molecule has 0 radical (unpaired) electrons. The number of imidazole rings is 1. The van der Waals surface area contributed by atoms with Gasteiger partial charge in [0.05, 0.1) is 0 Å². The Bertz CT molecular complexity index is 1050. The van der Waals surface area contributed by atoms with Crippen molar-refractivity contribution < 1.29 is 9.36 Å². The van der Waals surface area contributed by atoms with Crippen LogP contribution in [-0.4, -0.2) is 10.4 Å². The van der Waals surface area contributed by atoms with Crippen LogP contribution in [0.3, 0.4) is 0 Å². The van der Waals surface area contributed by atoms with Crippen LogP contribution in [0.1, 0.15) is 15.9 Å². The summed E-state index contributed by atoms with van der Waals surface area (Å²) in [5, 5.41) is 0.633. The zero-order chi connectivity index (χ0) is 17.9. The van der Waals surface area contributed by atoms with Crippen LogP contribution in [0, 0.1) is 0 Å². The Morgan fingerprint density at radius 2 is 1.58 bits per heavy atom. The molecule has 1 heterocycles. The van der Waals surface area contributed by atoms with E-state index in [1.807, 2.05) is 47.3 Å². The summed E-state index contributed by atoms with van der Waals surface area (Å²) in [6.45, 7) is 1.06. The van der Waals surface area contributed by atoms with Gasteiger partial charge in [0.25, 0.3) is 0 Å². The van der Waals surface area contributed by atoms with Crippen molar-refractivity contribution in [2.24, 2.45) is 0 Å². The van der Waals surface area contributed by atoms with E-state index >= 15 is 0 Å². The van der Waals surface area contributed by atoms with Crippen molar-refractivity contribution in [1.82, 2.24) is 4.57 Å². The molecule has 0 spiro atoms. The van der Waals surface area contributed by atoms with Crippen molar-refractivity contribution in [2.75, 3.05) is 0 Å². The molecule has 0 aliphatic rings. The number of carbonyl (C=O) groups excluding carboxylic acids is 1. The first-order valence-electron chi connectivity index (χ1n) is 8.51. The summed E-state index contributed by atoms with van der Waals surface area (Å²) in [6.07, 6.45) is 2.02. The maximum absolute atomic E-state index is 12.7. The quantitative estimate of drug-likeness (QED) is 0.379. The Morgan fingerprint density at radius 3 is 2.35 bits per heavy atom. The standard InChI is InChI=1S/C22H18ClN2O/c23-19-12-10-18(11-13-19)22(26)15-25-16-24(14-17-6-2-1-3-7-17)20-8-4-5-9-21(20)25/h1-13,16H,14-15H2/q+1. The SMILES string of the molecule is O=C(Cn1c[n+](Cc2ccccc2)c2ccccc21)c1ccc(Cl)cc1. The summed E-state index contributed by atoms with van der Waals surface area (Å²) in [5.74, 6) is 0.0641. The fourth-order valence-electron chi connectivity index (χ4n) is 3.16. The van der Waals surface area contributed by atoms with Gasteiger partial charge in [0, 0.05) is 10.6 Å². The van der Waals surface area contributed by atoms with Crippen LogP contribution in [0.25, 0.3) is 11.0 Å². The number of hydrogen-bond acceptors (Lipinski definition) is 1. The number of rotatable bonds is 5. The Labute approximate surface area is 157 Å². The van der Waals surface area contributed by atoms with E-state index in [2.05, 4.69) is 22.8 Å². The Morgan fingerprint density at radius 1 is 0.885 bits per heavy atom. The van der Waals surface area contributed by atoms with Crippen LogP contribution < -0.4 is 4.57 Å². The molecule has 0 saturated carbocycles. The number of carbonyl (C=O) groups is 1. The molecule has 0 fully saturated rings. The number of benzene rings is 3. The van der Waals surface area contributed by atoms with Gasteiger partial charge in [0.2, 0.25) is 12.1 Å². The minimum Gasteiger partial charge on any atom is -0.290 e. The molecule has 0 bridgehead atoms. The fraction of sp³-hybridized carbons (Fsp3) is 0.0909. The molecule has 4 heteroatoms. The van der Waals surface area contributed by atoms with Gasteiger partial charge in [-0.3, -0.25) is 4.79 Å². The summed E-state index contributed by atoms with van der Waals surface area (Å²) in [7, 11) is 0. The van der Waals surface area contributed by atoms with Crippen LogP contribution in [-0.2, 0) is 13.1 Å². The van der Waals surface area contributed by atoms with E-state index in [0.29, 0.717) is 17.1 Å². The highest BCUT2D eigenvalue weighted by molar-refractivity contribution is 6.30. The monoisotopic (exact) mass is 361 g/mol. The highest BCUT2D eigenvalue weighted by atomic mass is 35.5. The van der Waals surface area contributed by atoms with Gasteiger partial charge in [-0.25, -0.2) is 9.13 Å². The molecule has 0 aliphatic heterocycles. The smallest absolute Gasteiger partial charge is 0.245 e. The molecule has 1 aromatic heterocycles. The van der Waals surface area contributed by atoms with Crippen molar-refractivity contribution in [2.45, 2.75) is 13.1 Å². The van der Waals surface area contributed by atoms with Crippen LogP contribution in [0.4, 0.5) is 0 Å². The predicted molar refractivity (Wildman–Crippen MR) is 103 cm³/mol.